The largest absolute Gasteiger partial charge is 0.408 e. The molecule has 0 fully saturated rings. The predicted octanol–water partition coefficient (Wildman–Crippen LogP) is 3.04. The molecule has 0 unspecified atom stereocenters. The predicted molar refractivity (Wildman–Crippen MR) is 65.6 cm³/mol. The van der Waals surface area contributed by atoms with Crippen molar-refractivity contribution in [3.05, 3.63) is 30.0 Å². The Morgan fingerprint density at radius 3 is 2.61 bits per heavy atom. The smallest absolute Gasteiger partial charge is 0.324 e. The second-order valence-electron chi connectivity index (χ2n) is 4.02. The van der Waals surface area contributed by atoms with E-state index in [1.54, 1.807) is 18.2 Å². The van der Waals surface area contributed by atoms with Gasteiger partial charge in [0.1, 0.15) is 6.54 Å². The number of alkyl halides is 3. The Morgan fingerprint density at radius 1 is 1.39 bits per heavy atom. The molecular formula is C11H13ClF3N3. The van der Waals surface area contributed by atoms with Crippen molar-refractivity contribution in [2.24, 2.45) is 5.73 Å². The van der Waals surface area contributed by atoms with E-state index in [1.807, 2.05) is 6.92 Å². The highest BCUT2D eigenvalue weighted by Gasteiger charge is 2.29. The van der Waals surface area contributed by atoms with Gasteiger partial charge in [-0.2, -0.15) is 18.3 Å². The van der Waals surface area contributed by atoms with E-state index in [0.29, 0.717) is 10.9 Å². The minimum atomic E-state index is -4.27. The molecule has 0 amide bonds. The minimum absolute atomic E-state index is 0. The number of hydrogen-bond donors (Lipinski definition) is 1. The van der Waals surface area contributed by atoms with Gasteiger partial charge >= 0.3 is 6.18 Å². The molecule has 18 heavy (non-hydrogen) atoms. The van der Waals surface area contributed by atoms with Crippen LogP contribution in [-0.4, -0.2) is 16.0 Å². The average molecular weight is 280 g/mol. The molecule has 3 nitrogen and oxygen atoms in total. The molecule has 1 atom stereocenters. The second-order valence-corrected chi connectivity index (χ2v) is 4.02. The first kappa shape index (κ1) is 14.8. The van der Waals surface area contributed by atoms with Crippen LogP contribution >= 0.6 is 12.4 Å². The van der Waals surface area contributed by atoms with Crippen LogP contribution in [-0.2, 0) is 6.54 Å². The molecule has 0 spiro atoms. The van der Waals surface area contributed by atoms with Crippen LogP contribution < -0.4 is 5.73 Å². The quantitative estimate of drug-likeness (QED) is 0.918. The first-order valence-corrected chi connectivity index (χ1v) is 5.14. The summed E-state index contributed by atoms with van der Waals surface area (Å²) in [5.74, 6) is 0. The van der Waals surface area contributed by atoms with Crippen molar-refractivity contribution in [3.63, 3.8) is 0 Å². The molecule has 0 radical (unpaired) electrons. The summed E-state index contributed by atoms with van der Waals surface area (Å²) in [6.07, 6.45) is -2.84. The molecule has 0 aliphatic carbocycles. The maximum absolute atomic E-state index is 12.3. The van der Waals surface area contributed by atoms with Crippen molar-refractivity contribution in [2.45, 2.75) is 25.7 Å². The van der Waals surface area contributed by atoms with Crippen molar-refractivity contribution in [1.29, 1.82) is 0 Å². The highest BCUT2D eigenvalue weighted by molar-refractivity contribution is 5.85. The molecule has 1 aromatic heterocycles. The number of nitrogens with zero attached hydrogens (tertiary/aromatic N) is 2. The number of aromatic nitrogens is 2. The first-order chi connectivity index (χ1) is 7.87. The van der Waals surface area contributed by atoms with E-state index in [0.717, 1.165) is 10.2 Å². The van der Waals surface area contributed by atoms with E-state index in [1.165, 1.54) is 6.20 Å². The van der Waals surface area contributed by atoms with E-state index < -0.39 is 12.7 Å². The Morgan fingerprint density at radius 2 is 2.06 bits per heavy atom. The average Bonchev–Trinajstić information content (AvgIpc) is 2.58. The van der Waals surface area contributed by atoms with Gasteiger partial charge in [-0.05, 0) is 24.6 Å². The fourth-order valence-electron chi connectivity index (χ4n) is 1.68. The second kappa shape index (κ2) is 5.16. The van der Waals surface area contributed by atoms with Crippen LogP contribution in [0.4, 0.5) is 13.2 Å². The van der Waals surface area contributed by atoms with E-state index in [2.05, 4.69) is 5.10 Å². The lowest BCUT2D eigenvalue weighted by Crippen LogP contribution is -2.18. The first-order valence-electron chi connectivity index (χ1n) is 5.14. The third-order valence-electron chi connectivity index (χ3n) is 2.52. The Labute approximate surface area is 108 Å². The number of fused-ring (bicyclic) bond motifs is 1. The van der Waals surface area contributed by atoms with Crippen molar-refractivity contribution in [3.8, 4) is 0 Å². The van der Waals surface area contributed by atoms with Crippen molar-refractivity contribution < 1.29 is 13.2 Å². The Hall–Kier alpha value is -1.27. The normalized spacial score (nSPS) is 13.4. The molecule has 0 saturated heterocycles. The summed E-state index contributed by atoms with van der Waals surface area (Å²) >= 11 is 0. The van der Waals surface area contributed by atoms with Gasteiger partial charge in [-0.3, -0.25) is 4.68 Å². The monoisotopic (exact) mass is 279 g/mol. The molecule has 7 heteroatoms. The number of benzene rings is 1. The highest BCUT2D eigenvalue weighted by atomic mass is 35.5. The lowest BCUT2D eigenvalue weighted by atomic mass is 10.1. The molecular weight excluding hydrogens is 267 g/mol. The molecule has 0 saturated carbocycles. The third-order valence-corrected chi connectivity index (χ3v) is 2.52. The van der Waals surface area contributed by atoms with Gasteiger partial charge in [-0.25, -0.2) is 0 Å². The maximum atomic E-state index is 12.3. The third kappa shape index (κ3) is 3.14. The molecule has 100 valence electrons. The van der Waals surface area contributed by atoms with Gasteiger partial charge < -0.3 is 5.73 Å². The van der Waals surface area contributed by atoms with Crippen molar-refractivity contribution in [1.82, 2.24) is 9.78 Å². The van der Waals surface area contributed by atoms with E-state index in [-0.39, 0.29) is 18.4 Å². The van der Waals surface area contributed by atoms with E-state index >= 15 is 0 Å². The minimum Gasteiger partial charge on any atom is -0.324 e. The van der Waals surface area contributed by atoms with Crippen LogP contribution in [0.1, 0.15) is 18.5 Å². The van der Waals surface area contributed by atoms with Crippen LogP contribution in [0.25, 0.3) is 10.9 Å². The topological polar surface area (TPSA) is 43.8 Å². The van der Waals surface area contributed by atoms with Gasteiger partial charge in [0.15, 0.2) is 0 Å². The fraction of sp³-hybridized carbons (Fsp3) is 0.364. The zero-order valence-electron chi connectivity index (χ0n) is 9.61. The van der Waals surface area contributed by atoms with Gasteiger partial charge in [0, 0.05) is 11.4 Å². The summed E-state index contributed by atoms with van der Waals surface area (Å²) < 4.78 is 37.8. The summed E-state index contributed by atoms with van der Waals surface area (Å²) in [5.41, 5.74) is 7.05. The standard InChI is InChI=1S/C11H12F3N3.ClH/c1-7(15)8-2-3-10-9(4-8)5-16-17(10)6-11(12,13)14;/h2-5,7H,6,15H2,1H3;1H/t7-;/m1./s1. The maximum Gasteiger partial charge on any atom is 0.408 e. The summed E-state index contributed by atoms with van der Waals surface area (Å²) in [6.45, 7) is 0.745. The molecule has 0 bridgehead atoms. The molecule has 2 aromatic rings. The van der Waals surface area contributed by atoms with Crippen molar-refractivity contribution >= 4 is 23.3 Å². The Kier molecular flexibility index (Phi) is 4.24. The fourth-order valence-corrected chi connectivity index (χ4v) is 1.68. The van der Waals surface area contributed by atoms with Gasteiger partial charge in [0.25, 0.3) is 0 Å². The summed E-state index contributed by atoms with van der Waals surface area (Å²) in [6, 6.07) is 4.96. The number of hydrogen-bond acceptors (Lipinski definition) is 2. The zero-order valence-corrected chi connectivity index (χ0v) is 10.4. The molecule has 1 heterocycles. The summed E-state index contributed by atoms with van der Waals surface area (Å²) in [4.78, 5) is 0. The van der Waals surface area contributed by atoms with E-state index in [9.17, 15) is 13.2 Å². The molecule has 2 rings (SSSR count). The zero-order chi connectivity index (χ0) is 12.6. The Bertz CT molecular complexity index is 534. The van der Waals surface area contributed by atoms with Gasteiger partial charge in [0.05, 0.1) is 11.7 Å². The van der Waals surface area contributed by atoms with Crippen molar-refractivity contribution in [2.75, 3.05) is 0 Å². The number of halogens is 4. The van der Waals surface area contributed by atoms with Gasteiger partial charge in [0.2, 0.25) is 0 Å². The number of rotatable bonds is 2. The van der Waals surface area contributed by atoms with Gasteiger partial charge in [-0.15, -0.1) is 12.4 Å². The van der Waals surface area contributed by atoms with Crippen LogP contribution in [0.5, 0.6) is 0 Å². The van der Waals surface area contributed by atoms with Crippen LogP contribution in [0, 0.1) is 0 Å². The van der Waals surface area contributed by atoms with Crippen LogP contribution in [0.15, 0.2) is 24.4 Å². The van der Waals surface area contributed by atoms with Crippen LogP contribution in [0.2, 0.25) is 0 Å². The lowest BCUT2D eigenvalue weighted by Gasteiger charge is -2.08. The van der Waals surface area contributed by atoms with Crippen LogP contribution in [0.3, 0.4) is 0 Å². The summed E-state index contributed by atoms with van der Waals surface area (Å²) in [7, 11) is 0. The Balaban J connectivity index is 0.00000162. The molecule has 2 N–H and O–H groups in total. The number of nitrogens with two attached hydrogens (primary N) is 1. The molecule has 0 aliphatic rings. The molecule has 0 aliphatic heterocycles. The SMILES string of the molecule is C[C@@H](N)c1ccc2c(cnn2CC(F)(F)F)c1.Cl. The lowest BCUT2D eigenvalue weighted by molar-refractivity contribution is -0.141. The summed E-state index contributed by atoms with van der Waals surface area (Å²) in [5, 5.41) is 4.41. The highest BCUT2D eigenvalue weighted by Crippen LogP contribution is 2.23. The van der Waals surface area contributed by atoms with E-state index in [4.69, 9.17) is 5.73 Å². The van der Waals surface area contributed by atoms with Gasteiger partial charge in [-0.1, -0.05) is 6.07 Å². The molecule has 1 aromatic carbocycles.